The Hall–Kier alpha value is -1.75. The predicted octanol–water partition coefficient (Wildman–Crippen LogP) is 4.00. The van der Waals surface area contributed by atoms with Crippen LogP contribution >= 0.6 is 11.6 Å². The fraction of sp³-hybridized carbons (Fsp3) is 0.556. The molecule has 4 rings (SSSR count). The third-order valence-electron chi connectivity index (χ3n) is 6.49. The Morgan fingerprint density at radius 2 is 2.12 bits per heavy atom. The summed E-state index contributed by atoms with van der Waals surface area (Å²) < 4.78 is 10.6. The molecule has 1 heterocycles. The average molecular weight is 349 g/mol. The Morgan fingerprint density at radius 3 is 2.79 bits per heavy atom. The van der Waals surface area contributed by atoms with E-state index in [9.17, 15) is 4.79 Å². The van der Waals surface area contributed by atoms with E-state index in [4.69, 9.17) is 21.1 Å². The first-order valence-electron chi connectivity index (χ1n) is 8.29. The van der Waals surface area contributed by atoms with E-state index in [1.54, 1.807) is 12.1 Å². The van der Waals surface area contributed by atoms with E-state index in [1.165, 1.54) is 6.42 Å². The molecular formula is C18H21ClN2O3. The Bertz CT molecular complexity index is 759. The molecule has 6 heteroatoms. The summed E-state index contributed by atoms with van der Waals surface area (Å²) in [6.45, 7) is 7.01. The SMILES string of the molecule is CC1(C)[C@@H]2CC[C@@]1(C)/C(=N/NC(=O)c1cc(Cl)c3c(c1)OCO3)C2. The molecule has 1 aliphatic heterocycles. The van der Waals surface area contributed by atoms with Gasteiger partial charge < -0.3 is 9.47 Å². The number of benzene rings is 1. The maximum absolute atomic E-state index is 12.5. The highest BCUT2D eigenvalue weighted by molar-refractivity contribution is 6.32. The summed E-state index contributed by atoms with van der Waals surface area (Å²) >= 11 is 6.14. The largest absolute Gasteiger partial charge is 0.454 e. The monoisotopic (exact) mass is 348 g/mol. The van der Waals surface area contributed by atoms with Crippen molar-refractivity contribution in [3.8, 4) is 11.5 Å². The highest BCUT2D eigenvalue weighted by Gasteiger charge is 2.60. The molecule has 1 aromatic carbocycles. The summed E-state index contributed by atoms with van der Waals surface area (Å²) in [5.74, 6) is 1.35. The predicted molar refractivity (Wildman–Crippen MR) is 91.7 cm³/mol. The summed E-state index contributed by atoms with van der Waals surface area (Å²) in [5, 5.41) is 4.85. The van der Waals surface area contributed by atoms with Crippen LogP contribution in [0.25, 0.3) is 0 Å². The van der Waals surface area contributed by atoms with Gasteiger partial charge in [-0.15, -0.1) is 0 Å². The van der Waals surface area contributed by atoms with E-state index < -0.39 is 0 Å². The molecular weight excluding hydrogens is 328 g/mol. The van der Waals surface area contributed by atoms with Crippen molar-refractivity contribution in [2.75, 3.05) is 6.79 Å². The lowest BCUT2D eigenvalue weighted by Gasteiger charge is -2.34. The van der Waals surface area contributed by atoms with Gasteiger partial charge in [0.25, 0.3) is 5.91 Å². The van der Waals surface area contributed by atoms with Gasteiger partial charge in [0.15, 0.2) is 11.5 Å². The lowest BCUT2D eigenvalue weighted by Crippen LogP contribution is -2.34. The summed E-state index contributed by atoms with van der Waals surface area (Å²) in [4.78, 5) is 12.5. The second-order valence-electron chi connectivity index (χ2n) is 7.68. The quantitative estimate of drug-likeness (QED) is 0.822. The van der Waals surface area contributed by atoms with Crippen LogP contribution in [0.15, 0.2) is 17.2 Å². The number of halogens is 1. The maximum atomic E-state index is 12.5. The van der Waals surface area contributed by atoms with Crippen LogP contribution in [0.4, 0.5) is 0 Å². The van der Waals surface area contributed by atoms with E-state index in [0.29, 0.717) is 28.0 Å². The van der Waals surface area contributed by atoms with Crippen LogP contribution in [0.5, 0.6) is 11.5 Å². The zero-order chi connectivity index (χ0) is 17.1. The normalized spacial score (nSPS) is 30.8. The van der Waals surface area contributed by atoms with Crippen LogP contribution < -0.4 is 14.9 Å². The summed E-state index contributed by atoms with van der Waals surface area (Å²) in [7, 11) is 0. The van der Waals surface area contributed by atoms with Crippen LogP contribution in [0, 0.1) is 16.7 Å². The number of carbonyl (C=O) groups excluding carboxylic acids is 1. The number of fused-ring (bicyclic) bond motifs is 3. The van der Waals surface area contributed by atoms with Crippen molar-refractivity contribution in [2.45, 2.75) is 40.0 Å². The smallest absolute Gasteiger partial charge is 0.271 e. The number of amides is 1. The molecule has 2 fully saturated rings. The molecule has 5 nitrogen and oxygen atoms in total. The van der Waals surface area contributed by atoms with E-state index in [2.05, 4.69) is 31.3 Å². The number of nitrogens with zero attached hydrogens (tertiary/aromatic N) is 1. The molecule has 0 spiro atoms. The molecule has 0 unspecified atom stereocenters. The molecule has 2 aliphatic carbocycles. The van der Waals surface area contributed by atoms with Gasteiger partial charge in [0, 0.05) is 16.7 Å². The molecule has 0 saturated heterocycles. The zero-order valence-corrected chi connectivity index (χ0v) is 14.9. The Labute approximate surface area is 146 Å². The molecule has 1 amide bonds. The summed E-state index contributed by atoms with van der Waals surface area (Å²) in [5.41, 5.74) is 4.52. The van der Waals surface area contributed by atoms with Crippen molar-refractivity contribution in [1.82, 2.24) is 5.43 Å². The number of rotatable bonds is 2. The second kappa shape index (κ2) is 5.12. The number of hydrogen-bond donors (Lipinski definition) is 1. The second-order valence-corrected chi connectivity index (χ2v) is 8.09. The van der Waals surface area contributed by atoms with Crippen molar-refractivity contribution in [3.05, 3.63) is 22.7 Å². The summed E-state index contributed by atoms with van der Waals surface area (Å²) in [6, 6.07) is 3.22. The molecule has 0 aromatic heterocycles. The van der Waals surface area contributed by atoms with Gasteiger partial charge in [-0.25, -0.2) is 5.43 Å². The average Bonchev–Trinajstić information content (AvgIpc) is 3.14. The number of hydrazone groups is 1. The van der Waals surface area contributed by atoms with Gasteiger partial charge in [-0.05, 0) is 42.7 Å². The fourth-order valence-corrected chi connectivity index (χ4v) is 4.64. The number of hydrogen-bond acceptors (Lipinski definition) is 4. The number of nitrogens with one attached hydrogen (secondary N) is 1. The van der Waals surface area contributed by atoms with Gasteiger partial charge in [0.1, 0.15) is 0 Å². The van der Waals surface area contributed by atoms with Gasteiger partial charge in [0.2, 0.25) is 6.79 Å². The molecule has 128 valence electrons. The van der Waals surface area contributed by atoms with Crippen molar-refractivity contribution in [1.29, 1.82) is 0 Å². The highest BCUT2D eigenvalue weighted by atomic mass is 35.5. The molecule has 2 atom stereocenters. The zero-order valence-electron chi connectivity index (χ0n) is 14.1. The van der Waals surface area contributed by atoms with Gasteiger partial charge in [-0.2, -0.15) is 5.10 Å². The van der Waals surface area contributed by atoms with Gasteiger partial charge in [-0.1, -0.05) is 32.4 Å². The van der Waals surface area contributed by atoms with Crippen molar-refractivity contribution in [3.63, 3.8) is 0 Å². The maximum Gasteiger partial charge on any atom is 0.271 e. The first-order chi connectivity index (χ1) is 11.3. The molecule has 2 saturated carbocycles. The standard InChI is InChI=1S/C18H21ClN2O3/c1-17(2)11-4-5-18(17,3)14(8-11)20-21-16(22)10-6-12(19)15-13(7-10)23-9-24-15/h6-7,11H,4-5,8-9H2,1-3H3,(H,21,22)/b20-14+/t11-,18+/m1/s1. The van der Waals surface area contributed by atoms with E-state index in [1.807, 2.05) is 0 Å². The van der Waals surface area contributed by atoms with E-state index in [0.717, 1.165) is 18.6 Å². The van der Waals surface area contributed by atoms with Gasteiger partial charge in [0.05, 0.1) is 5.02 Å². The summed E-state index contributed by atoms with van der Waals surface area (Å²) in [6.07, 6.45) is 3.34. The van der Waals surface area contributed by atoms with Crippen LogP contribution in [0.3, 0.4) is 0 Å². The van der Waals surface area contributed by atoms with Crippen LogP contribution in [0.2, 0.25) is 5.02 Å². The minimum Gasteiger partial charge on any atom is -0.454 e. The third-order valence-corrected chi connectivity index (χ3v) is 6.77. The molecule has 0 radical (unpaired) electrons. The molecule has 2 bridgehead atoms. The number of ether oxygens (including phenoxy) is 2. The molecule has 1 aromatic rings. The lowest BCUT2D eigenvalue weighted by molar-refractivity contribution is 0.0953. The Morgan fingerprint density at radius 1 is 1.33 bits per heavy atom. The minimum atomic E-state index is -0.285. The fourth-order valence-electron chi connectivity index (χ4n) is 4.38. The first-order valence-corrected chi connectivity index (χ1v) is 8.67. The highest BCUT2D eigenvalue weighted by Crippen LogP contribution is 2.63. The van der Waals surface area contributed by atoms with Crippen LogP contribution in [0.1, 0.15) is 50.4 Å². The van der Waals surface area contributed by atoms with Crippen molar-refractivity contribution in [2.24, 2.45) is 21.8 Å². The Balaban J connectivity index is 1.55. The molecule has 1 N–H and O–H groups in total. The van der Waals surface area contributed by atoms with E-state index in [-0.39, 0.29) is 23.5 Å². The topological polar surface area (TPSA) is 59.9 Å². The number of carbonyl (C=O) groups is 1. The third kappa shape index (κ3) is 2.07. The van der Waals surface area contributed by atoms with Crippen molar-refractivity contribution >= 4 is 23.2 Å². The Kier molecular flexibility index (Phi) is 3.36. The van der Waals surface area contributed by atoms with Crippen LogP contribution in [-0.4, -0.2) is 18.4 Å². The van der Waals surface area contributed by atoms with Gasteiger partial charge >= 0.3 is 0 Å². The van der Waals surface area contributed by atoms with Crippen molar-refractivity contribution < 1.29 is 14.3 Å². The first kappa shape index (κ1) is 15.8. The molecule has 3 aliphatic rings. The minimum absolute atomic E-state index is 0.0669. The van der Waals surface area contributed by atoms with E-state index >= 15 is 0 Å². The van der Waals surface area contributed by atoms with Gasteiger partial charge in [-0.3, -0.25) is 4.79 Å². The van der Waals surface area contributed by atoms with Crippen LogP contribution in [-0.2, 0) is 0 Å². The molecule has 24 heavy (non-hydrogen) atoms. The lowest BCUT2D eigenvalue weighted by atomic mass is 9.70.